The number of carbonyl (C=O) groups is 1. The third-order valence-corrected chi connectivity index (χ3v) is 5.28. The van der Waals surface area contributed by atoms with Crippen LogP contribution in [0.1, 0.15) is 6.92 Å². The zero-order valence-electron chi connectivity index (χ0n) is 15.4. The van der Waals surface area contributed by atoms with Crippen LogP contribution in [0.2, 0.25) is 5.02 Å². The molecular weight excluding hydrogens is 392 g/mol. The highest BCUT2D eigenvalue weighted by Crippen LogP contribution is 2.33. The molecule has 146 valence electrons. The van der Waals surface area contributed by atoms with Crippen molar-refractivity contribution < 1.29 is 22.7 Å². The summed E-state index contributed by atoms with van der Waals surface area (Å²) in [7, 11) is -0.832. The minimum atomic E-state index is -3.76. The number of sulfonamides is 1. The summed E-state index contributed by atoms with van der Waals surface area (Å²) in [6.45, 7) is 1.50. The lowest BCUT2D eigenvalue weighted by atomic mass is 10.2. The Labute approximate surface area is 163 Å². The molecular formula is C18H21ClN2O5S. The summed E-state index contributed by atoms with van der Waals surface area (Å²) in [5, 5.41) is 3.13. The number of amides is 1. The summed E-state index contributed by atoms with van der Waals surface area (Å²) >= 11 is 5.92. The maximum atomic E-state index is 12.6. The van der Waals surface area contributed by atoms with Crippen LogP contribution >= 0.6 is 11.6 Å². The first kappa shape index (κ1) is 20.9. The van der Waals surface area contributed by atoms with Gasteiger partial charge in [-0.2, -0.15) is 0 Å². The number of hydrogen-bond donors (Lipinski definition) is 1. The molecule has 0 saturated carbocycles. The standard InChI is InChI=1S/C18H21ClN2O5S/c1-12(18(22)20-14-7-5-6-13(19)10-14)21(27(4,23)24)15-8-9-16(25-2)17(11-15)26-3/h5-12H,1-4H3,(H,20,22). The fraction of sp³-hybridized carbons (Fsp3) is 0.278. The highest BCUT2D eigenvalue weighted by molar-refractivity contribution is 7.92. The Morgan fingerprint density at radius 3 is 2.33 bits per heavy atom. The Balaban J connectivity index is 2.37. The SMILES string of the molecule is COc1ccc(N(C(C)C(=O)Nc2cccc(Cl)c2)S(C)(=O)=O)cc1OC. The molecule has 0 heterocycles. The van der Waals surface area contributed by atoms with Gasteiger partial charge in [0.1, 0.15) is 6.04 Å². The molecule has 0 aliphatic rings. The molecule has 2 rings (SSSR count). The zero-order valence-corrected chi connectivity index (χ0v) is 17.0. The van der Waals surface area contributed by atoms with Crippen LogP contribution < -0.4 is 19.1 Å². The van der Waals surface area contributed by atoms with Crippen LogP contribution in [-0.4, -0.2) is 40.8 Å². The van der Waals surface area contributed by atoms with Crippen molar-refractivity contribution in [1.82, 2.24) is 0 Å². The van der Waals surface area contributed by atoms with Gasteiger partial charge in [0.2, 0.25) is 15.9 Å². The molecule has 0 aliphatic carbocycles. The highest BCUT2D eigenvalue weighted by atomic mass is 35.5. The molecule has 9 heteroatoms. The van der Waals surface area contributed by atoms with Crippen LogP contribution in [0.5, 0.6) is 11.5 Å². The smallest absolute Gasteiger partial charge is 0.247 e. The summed E-state index contributed by atoms with van der Waals surface area (Å²) in [4.78, 5) is 12.6. The van der Waals surface area contributed by atoms with Gasteiger partial charge in [-0.05, 0) is 37.3 Å². The van der Waals surface area contributed by atoms with Crippen LogP contribution in [0, 0.1) is 0 Å². The van der Waals surface area contributed by atoms with Crippen molar-refractivity contribution in [3.8, 4) is 11.5 Å². The summed E-state index contributed by atoms with van der Waals surface area (Å²) in [6.07, 6.45) is 1.03. The van der Waals surface area contributed by atoms with Crippen molar-refractivity contribution >= 4 is 38.9 Å². The lowest BCUT2D eigenvalue weighted by Crippen LogP contribution is -2.45. The van der Waals surface area contributed by atoms with Crippen molar-refractivity contribution in [3.05, 3.63) is 47.5 Å². The number of nitrogens with one attached hydrogen (secondary N) is 1. The predicted octanol–water partition coefficient (Wildman–Crippen LogP) is 3.15. The van der Waals surface area contributed by atoms with Crippen molar-refractivity contribution in [2.24, 2.45) is 0 Å². The number of anilines is 2. The second-order valence-corrected chi connectivity index (χ2v) is 8.07. The van der Waals surface area contributed by atoms with E-state index in [2.05, 4.69) is 5.32 Å². The van der Waals surface area contributed by atoms with E-state index in [1.807, 2.05) is 0 Å². The van der Waals surface area contributed by atoms with Crippen LogP contribution in [0.3, 0.4) is 0 Å². The molecule has 2 aromatic carbocycles. The van der Waals surface area contributed by atoms with E-state index in [-0.39, 0.29) is 5.69 Å². The summed E-state index contributed by atoms with van der Waals surface area (Å²) in [5.41, 5.74) is 0.754. The third-order valence-electron chi connectivity index (χ3n) is 3.80. The number of nitrogens with zero attached hydrogens (tertiary/aromatic N) is 1. The van der Waals surface area contributed by atoms with Gasteiger partial charge in [-0.1, -0.05) is 17.7 Å². The molecule has 0 aliphatic heterocycles. The Bertz CT molecular complexity index is 933. The second kappa shape index (κ2) is 8.49. The number of hydrogen-bond acceptors (Lipinski definition) is 5. The Hall–Kier alpha value is -2.45. The van der Waals surface area contributed by atoms with Gasteiger partial charge >= 0.3 is 0 Å². The fourth-order valence-corrected chi connectivity index (χ4v) is 3.94. The maximum absolute atomic E-state index is 12.6. The molecule has 1 N–H and O–H groups in total. The average Bonchev–Trinajstić information content (AvgIpc) is 2.60. The second-order valence-electron chi connectivity index (χ2n) is 5.77. The first-order valence-electron chi connectivity index (χ1n) is 7.95. The monoisotopic (exact) mass is 412 g/mol. The molecule has 0 radical (unpaired) electrons. The van der Waals surface area contributed by atoms with E-state index in [1.54, 1.807) is 36.4 Å². The van der Waals surface area contributed by atoms with Gasteiger partial charge in [0.25, 0.3) is 0 Å². The van der Waals surface area contributed by atoms with Gasteiger partial charge in [0.05, 0.1) is 26.2 Å². The molecule has 0 bridgehead atoms. The van der Waals surface area contributed by atoms with Gasteiger partial charge in [0, 0.05) is 16.8 Å². The zero-order chi connectivity index (χ0) is 20.2. The minimum Gasteiger partial charge on any atom is -0.493 e. The van der Waals surface area contributed by atoms with E-state index < -0.39 is 22.0 Å². The highest BCUT2D eigenvalue weighted by Gasteiger charge is 2.30. The minimum absolute atomic E-state index is 0.281. The van der Waals surface area contributed by atoms with Crippen molar-refractivity contribution in [2.45, 2.75) is 13.0 Å². The largest absolute Gasteiger partial charge is 0.493 e. The number of rotatable bonds is 7. The summed E-state index contributed by atoms with van der Waals surface area (Å²) < 4.78 is 36.2. The molecule has 0 fully saturated rings. The molecule has 0 aromatic heterocycles. The normalized spacial score (nSPS) is 12.2. The number of halogens is 1. The first-order valence-corrected chi connectivity index (χ1v) is 10.2. The molecule has 7 nitrogen and oxygen atoms in total. The lowest BCUT2D eigenvalue weighted by Gasteiger charge is -2.28. The number of ether oxygens (including phenoxy) is 2. The lowest BCUT2D eigenvalue weighted by molar-refractivity contribution is -0.116. The van der Waals surface area contributed by atoms with Crippen molar-refractivity contribution in [3.63, 3.8) is 0 Å². The van der Waals surface area contributed by atoms with E-state index in [0.29, 0.717) is 22.2 Å². The molecule has 0 spiro atoms. The van der Waals surface area contributed by atoms with Gasteiger partial charge in [-0.3, -0.25) is 9.10 Å². The average molecular weight is 413 g/mol. The number of carbonyl (C=O) groups excluding carboxylic acids is 1. The van der Waals surface area contributed by atoms with Crippen molar-refractivity contribution in [1.29, 1.82) is 0 Å². The van der Waals surface area contributed by atoms with Crippen LogP contribution in [0.25, 0.3) is 0 Å². The molecule has 1 amide bonds. The van der Waals surface area contributed by atoms with Crippen LogP contribution in [-0.2, 0) is 14.8 Å². The van der Waals surface area contributed by atoms with Gasteiger partial charge < -0.3 is 14.8 Å². The Morgan fingerprint density at radius 1 is 1.11 bits per heavy atom. The number of methoxy groups -OCH3 is 2. The Morgan fingerprint density at radius 2 is 1.78 bits per heavy atom. The van der Waals surface area contributed by atoms with E-state index in [1.165, 1.54) is 27.2 Å². The van der Waals surface area contributed by atoms with Crippen LogP contribution in [0.15, 0.2) is 42.5 Å². The Kier molecular flexibility index (Phi) is 6.56. The molecule has 1 unspecified atom stereocenters. The number of benzene rings is 2. The fourth-order valence-electron chi connectivity index (χ4n) is 2.58. The maximum Gasteiger partial charge on any atom is 0.247 e. The molecule has 0 saturated heterocycles. The molecule has 1 atom stereocenters. The third kappa shape index (κ3) is 5.05. The van der Waals surface area contributed by atoms with Gasteiger partial charge in [0.15, 0.2) is 11.5 Å². The quantitative estimate of drug-likeness (QED) is 0.755. The van der Waals surface area contributed by atoms with E-state index in [0.717, 1.165) is 10.6 Å². The van der Waals surface area contributed by atoms with Gasteiger partial charge in [-0.15, -0.1) is 0 Å². The molecule has 27 heavy (non-hydrogen) atoms. The predicted molar refractivity (Wildman–Crippen MR) is 106 cm³/mol. The molecule has 2 aromatic rings. The van der Waals surface area contributed by atoms with Gasteiger partial charge in [-0.25, -0.2) is 8.42 Å². The summed E-state index contributed by atoms with van der Waals surface area (Å²) in [6, 6.07) is 10.2. The van der Waals surface area contributed by atoms with E-state index in [4.69, 9.17) is 21.1 Å². The van der Waals surface area contributed by atoms with E-state index in [9.17, 15) is 13.2 Å². The topological polar surface area (TPSA) is 84.9 Å². The first-order chi connectivity index (χ1) is 12.7. The van der Waals surface area contributed by atoms with Crippen molar-refractivity contribution in [2.75, 3.05) is 30.1 Å². The van der Waals surface area contributed by atoms with E-state index >= 15 is 0 Å². The summed E-state index contributed by atoms with van der Waals surface area (Å²) in [5.74, 6) is 0.300. The van der Waals surface area contributed by atoms with Crippen LogP contribution in [0.4, 0.5) is 11.4 Å².